The number of hydrogen-bond donors (Lipinski definition) is 4. The van der Waals surface area contributed by atoms with Gasteiger partial charge >= 0.3 is 0 Å². The third-order valence-electron chi connectivity index (χ3n) is 2.20. The zero-order valence-corrected chi connectivity index (χ0v) is 11.9. The standard InChI is InChI=1S/C13H18N6S/c1-9(14)18-13(19-17-2)11(15)12(16)20-8-10-6-4-3-5-7-10/h3-7H,1-2,8,14-16H2,(H,18,19)/b12-11-. The van der Waals surface area contributed by atoms with Crippen LogP contribution in [-0.2, 0) is 5.75 Å². The molecule has 0 aromatic heterocycles. The van der Waals surface area contributed by atoms with E-state index in [2.05, 4.69) is 28.8 Å². The predicted octanol–water partition coefficient (Wildman–Crippen LogP) is 1.04. The second kappa shape index (κ2) is 7.90. The first-order valence-corrected chi connectivity index (χ1v) is 6.70. The lowest BCUT2D eigenvalue weighted by molar-refractivity contribution is 1.01. The highest BCUT2D eigenvalue weighted by molar-refractivity contribution is 8.02. The molecule has 7 N–H and O–H groups in total. The van der Waals surface area contributed by atoms with E-state index in [-0.39, 0.29) is 17.4 Å². The monoisotopic (exact) mass is 290 g/mol. The molecule has 6 nitrogen and oxygen atoms in total. The molecule has 0 bridgehead atoms. The van der Waals surface area contributed by atoms with Crippen molar-refractivity contribution in [3.63, 3.8) is 0 Å². The summed E-state index contributed by atoms with van der Waals surface area (Å²) in [5.41, 5.74) is 21.2. The quantitative estimate of drug-likeness (QED) is 0.355. The van der Waals surface area contributed by atoms with Crippen molar-refractivity contribution in [1.82, 2.24) is 5.43 Å². The number of thioether (sulfide) groups is 1. The number of nitrogens with two attached hydrogens (primary N) is 3. The highest BCUT2D eigenvalue weighted by atomic mass is 32.2. The van der Waals surface area contributed by atoms with E-state index in [1.807, 2.05) is 30.3 Å². The second-order valence-electron chi connectivity index (χ2n) is 3.77. The van der Waals surface area contributed by atoms with Gasteiger partial charge in [0.2, 0.25) is 0 Å². The Morgan fingerprint density at radius 3 is 2.40 bits per heavy atom. The smallest absolute Gasteiger partial charge is 0.174 e. The molecular weight excluding hydrogens is 272 g/mol. The van der Waals surface area contributed by atoms with Crippen LogP contribution in [0.4, 0.5) is 0 Å². The number of aliphatic imine (C=N–C) groups is 1. The molecular formula is C13H18N6S. The summed E-state index contributed by atoms with van der Waals surface area (Å²) in [5.74, 6) is 1.02. The molecule has 0 saturated carbocycles. The van der Waals surface area contributed by atoms with Crippen molar-refractivity contribution in [3.8, 4) is 0 Å². The molecule has 0 heterocycles. The van der Waals surface area contributed by atoms with E-state index in [1.165, 1.54) is 11.8 Å². The lowest BCUT2D eigenvalue weighted by atomic mass is 10.2. The third kappa shape index (κ3) is 5.07. The molecule has 0 fully saturated rings. The van der Waals surface area contributed by atoms with Crippen molar-refractivity contribution >= 4 is 24.3 Å². The lowest BCUT2D eigenvalue weighted by Gasteiger charge is -2.09. The molecule has 0 aliphatic carbocycles. The van der Waals surface area contributed by atoms with Crippen LogP contribution in [0, 0.1) is 0 Å². The van der Waals surface area contributed by atoms with Gasteiger partial charge in [0.25, 0.3) is 0 Å². The van der Waals surface area contributed by atoms with Gasteiger partial charge in [-0.2, -0.15) is 5.10 Å². The Kier molecular flexibility index (Phi) is 6.18. The number of hydrogen-bond acceptors (Lipinski definition) is 6. The predicted molar refractivity (Wildman–Crippen MR) is 86.6 cm³/mol. The molecule has 0 amide bonds. The topological polar surface area (TPSA) is 115 Å². The molecule has 0 saturated heterocycles. The molecule has 0 unspecified atom stereocenters. The maximum Gasteiger partial charge on any atom is 0.174 e. The summed E-state index contributed by atoms with van der Waals surface area (Å²) in [6.45, 7) is 6.78. The first kappa shape index (κ1) is 15.6. The van der Waals surface area contributed by atoms with Crippen LogP contribution in [0.1, 0.15) is 5.56 Å². The maximum absolute atomic E-state index is 5.94. The first-order valence-electron chi connectivity index (χ1n) is 5.71. The molecule has 1 aromatic carbocycles. The Labute approximate surface area is 122 Å². The first-order chi connectivity index (χ1) is 9.54. The molecule has 1 aromatic rings. The van der Waals surface area contributed by atoms with Gasteiger partial charge in [0.1, 0.15) is 11.5 Å². The Hall–Kier alpha value is -2.41. The molecule has 0 radical (unpaired) electrons. The number of hydrazone groups is 1. The second-order valence-corrected chi connectivity index (χ2v) is 4.79. The number of rotatable bonds is 6. The van der Waals surface area contributed by atoms with E-state index in [4.69, 9.17) is 17.2 Å². The minimum absolute atomic E-state index is 0.0972. The molecule has 106 valence electrons. The number of nitrogens with zero attached hydrogens (tertiary/aromatic N) is 2. The van der Waals surface area contributed by atoms with E-state index < -0.39 is 0 Å². The van der Waals surface area contributed by atoms with Crippen molar-refractivity contribution < 1.29 is 0 Å². The number of amidine groups is 1. The van der Waals surface area contributed by atoms with E-state index in [0.29, 0.717) is 10.8 Å². The van der Waals surface area contributed by atoms with Crippen LogP contribution in [0.5, 0.6) is 0 Å². The summed E-state index contributed by atoms with van der Waals surface area (Å²) in [4.78, 5) is 3.92. The van der Waals surface area contributed by atoms with Gasteiger partial charge in [-0.3, -0.25) is 5.43 Å². The Balaban J connectivity index is 2.81. The van der Waals surface area contributed by atoms with Crippen LogP contribution >= 0.6 is 11.8 Å². The normalized spacial score (nSPS) is 12.5. The highest BCUT2D eigenvalue weighted by Crippen LogP contribution is 2.18. The van der Waals surface area contributed by atoms with E-state index in [0.717, 1.165) is 5.56 Å². The zero-order valence-electron chi connectivity index (χ0n) is 11.0. The fourth-order valence-corrected chi connectivity index (χ4v) is 2.06. The zero-order chi connectivity index (χ0) is 15.0. The molecule has 20 heavy (non-hydrogen) atoms. The van der Waals surface area contributed by atoms with Gasteiger partial charge in [-0.25, -0.2) is 4.99 Å². The van der Waals surface area contributed by atoms with Crippen molar-refractivity contribution in [1.29, 1.82) is 0 Å². The molecule has 7 heteroatoms. The Morgan fingerprint density at radius 2 is 1.85 bits per heavy atom. The SMILES string of the molecule is C=NNC(=NC(=C)N)/C(N)=C(\N)SCc1ccccc1. The van der Waals surface area contributed by atoms with Crippen molar-refractivity contribution in [3.05, 3.63) is 59.0 Å². The summed E-state index contributed by atoms with van der Waals surface area (Å²) in [6.07, 6.45) is 0. The molecule has 0 aliphatic rings. The van der Waals surface area contributed by atoms with Crippen LogP contribution in [0.2, 0.25) is 0 Å². The van der Waals surface area contributed by atoms with E-state index in [9.17, 15) is 0 Å². The summed E-state index contributed by atoms with van der Waals surface area (Å²) in [6, 6.07) is 9.91. The van der Waals surface area contributed by atoms with Crippen LogP contribution in [-0.4, -0.2) is 12.6 Å². The molecule has 0 spiro atoms. The molecule has 0 atom stereocenters. The van der Waals surface area contributed by atoms with Gasteiger partial charge in [-0.05, 0) is 5.56 Å². The summed E-state index contributed by atoms with van der Waals surface area (Å²) in [7, 11) is 0. The highest BCUT2D eigenvalue weighted by Gasteiger charge is 2.08. The molecule has 1 rings (SSSR count). The maximum atomic E-state index is 5.94. The average Bonchev–Trinajstić information content (AvgIpc) is 2.44. The van der Waals surface area contributed by atoms with Crippen LogP contribution in [0.3, 0.4) is 0 Å². The van der Waals surface area contributed by atoms with Crippen LogP contribution < -0.4 is 22.6 Å². The fourth-order valence-electron chi connectivity index (χ4n) is 1.29. The summed E-state index contributed by atoms with van der Waals surface area (Å²) in [5, 5.41) is 3.93. The largest absolute Gasteiger partial charge is 0.394 e. The lowest BCUT2D eigenvalue weighted by Crippen LogP contribution is -2.28. The number of benzene rings is 1. The van der Waals surface area contributed by atoms with Gasteiger partial charge < -0.3 is 17.2 Å². The minimum atomic E-state index is 0.0972. The fraction of sp³-hybridized carbons (Fsp3) is 0.0769. The average molecular weight is 290 g/mol. The van der Waals surface area contributed by atoms with Gasteiger partial charge in [-0.15, -0.1) is 11.8 Å². The van der Waals surface area contributed by atoms with Crippen molar-refractivity contribution in [2.45, 2.75) is 5.75 Å². The van der Waals surface area contributed by atoms with Gasteiger partial charge in [0.15, 0.2) is 5.84 Å². The van der Waals surface area contributed by atoms with E-state index in [1.54, 1.807) is 0 Å². The van der Waals surface area contributed by atoms with Crippen molar-refractivity contribution in [2.24, 2.45) is 27.3 Å². The van der Waals surface area contributed by atoms with Gasteiger partial charge in [-0.1, -0.05) is 36.9 Å². The van der Waals surface area contributed by atoms with Crippen LogP contribution in [0.15, 0.2) is 63.6 Å². The van der Waals surface area contributed by atoms with Crippen LogP contribution in [0.25, 0.3) is 0 Å². The Morgan fingerprint density at radius 1 is 1.20 bits per heavy atom. The number of nitrogens with one attached hydrogen (secondary N) is 1. The minimum Gasteiger partial charge on any atom is -0.394 e. The van der Waals surface area contributed by atoms with E-state index >= 15 is 0 Å². The van der Waals surface area contributed by atoms with Gasteiger partial charge in [0, 0.05) is 12.5 Å². The Bertz CT molecular complexity index is 535. The summed E-state index contributed by atoms with van der Waals surface area (Å²) < 4.78 is 0. The van der Waals surface area contributed by atoms with Crippen molar-refractivity contribution in [2.75, 3.05) is 0 Å². The van der Waals surface area contributed by atoms with Gasteiger partial charge in [0.05, 0.1) is 5.03 Å². The molecule has 0 aliphatic heterocycles. The summed E-state index contributed by atoms with van der Waals surface area (Å²) >= 11 is 1.40. The third-order valence-corrected chi connectivity index (χ3v) is 3.21.